The SMILES string of the molecule is CNC1CCCN(CC(=O)N(C)C2CC2)C1.Cl. The molecule has 4 nitrogen and oxygen atoms in total. The molecule has 0 aromatic carbocycles. The molecule has 0 bridgehead atoms. The first-order chi connectivity index (χ1) is 7.70. The highest BCUT2D eigenvalue weighted by atomic mass is 35.5. The minimum Gasteiger partial charge on any atom is -0.342 e. The molecule has 1 N–H and O–H groups in total. The van der Waals surface area contributed by atoms with Crippen LogP contribution in [0.5, 0.6) is 0 Å². The fourth-order valence-corrected chi connectivity index (χ4v) is 2.40. The van der Waals surface area contributed by atoms with E-state index in [-0.39, 0.29) is 12.4 Å². The average Bonchev–Trinajstić information content (AvgIpc) is 3.12. The van der Waals surface area contributed by atoms with E-state index >= 15 is 0 Å². The molecule has 1 unspecified atom stereocenters. The van der Waals surface area contributed by atoms with Gasteiger partial charge in [0.1, 0.15) is 0 Å². The first kappa shape index (κ1) is 14.7. The van der Waals surface area contributed by atoms with Gasteiger partial charge in [-0.15, -0.1) is 12.4 Å². The molecule has 1 atom stereocenters. The molecule has 0 radical (unpaired) electrons. The molecular weight excluding hydrogens is 238 g/mol. The van der Waals surface area contributed by atoms with Crippen LogP contribution < -0.4 is 5.32 Å². The maximum absolute atomic E-state index is 12.0. The zero-order valence-corrected chi connectivity index (χ0v) is 11.6. The van der Waals surface area contributed by atoms with E-state index in [0.717, 1.165) is 13.1 Å². The molecule has 1 aliphatic heterocycles. The monoisotopic (exact) mass is 261 g/mol. The van der Waals surface area contributed by atoms with Gasteiger partial charge in [-0.3, -0.25) is 9.69 Å². The fraction of sp³-hybridized carbons (Fsp3) is 0.917. The van der Waals surface area contributed by atoms with Crippen LogP contribution in [0.15, 0.2) is 0 Å². The summed E-state index contributed by atoms with van der Waals surface area (Å²) in [6.45, 7) is 2.69. The quantitative estimate of drug-likeness (QED) is 0.810. The maximum atomic E-state index is 12.0. The summed E-state index contributed by atoms with van der Waals surface area (Å²) in [6, 6.07) is 1.10. The first-order valence-corrected chi connectivity index (χ1v) is 6.36. The number of hydrogen-bond acceptors (Lipinski definition) is 3. The minimum absolute atomic E-state index is 0. The number of carbonyl (C=O) groups is 1. The van der Waals surface area contributed by atoms with Crippen molar-refractivity contribution in [2.24, 2.45) is 0 Å². The molecular formula is C12H24ClN3O. The number of likely N-dealkylation sites (tertiary alicyclic amines) is 1. The van der Waals surface area contributed by atoms with Crippen LogP contribution in [0.1, 0.15) is 25.7 Å². The molecule has 1 heterocycles. The van der Waals surface area contributed by atoms with Gasteiger partial charge >= 0.3 is 0 Å². The normalized spacial score (nSPS) is 25.2. The molecule has 0 aromatic rings. The van der Waals surface area contributed by atoms with E-state index < -0.39 is 0 Å². The average molecular weight is 262 g/mol. The number of likely N-dealkylation sites (N-methyl/N-ethyl adjacent to an activating group) is 2. The van der Waals surface area contributed by atoms with Crippen LogP contribution in [-0.4, -0.2) is 61.5 Å². The third-order valence-corrected chi connectivity index (χ3v) is 3.76. The number of nitrogens with one attached hydrogen (secondary N) is 1. The van der Waals surface area contributed by atoms with Gasteiger partial charge in [0.15, 0.2) is 0 Å². The molecule has 2 fully saturated rings. The Kier molecular flexibility index (Phi) is 5.70. The van der Waals surface area contributed by atoms with Crippen LogP contribution in [0.2, 0.25) is 0 Å². The van der Waals surface area contributed by atoms with Gasteiger partial charge in [0.2, 0.25) is 5.91 Å². The maximum Gasteiger partial charge on any atom is 0.236 e. The van der Waals surface area contributed by atoms with E-state index in [1.807, 2.05) is 19.0 Å². The van der Waals surface area contributed by atoms with E-state index in [1.165, 1.54) is 25.7 Å². The molecule has 1 aliphatic carbocycles. The van der Waals surface area contributed by atoms with E-state index in [9.17, 15) is 4.79 Å². The highest BCUT2D eigenvalue weighted by Gasteiger charge is 2.30. The van der Waals surface area contributed by atoms with Gasteiger partial charge in [-0.05, 0) is 39.3 Å². The fourth-order valence-electron chi connectivity index (χ4n) is 2.40. The molecule has 2 rings (SSSR count). The number of piperidine rings is 1. The largest absolute Gasteiger partial charge is 0.342 e. The number of hydrogen-bond donors (Lipinski definition) is 1. The van der Waals surface area contributed by atoms with Gasteiger partial charge in [-0.25, -0.2) is 0 Å². The molecule has 1 saturated carbocycles. The van der Waals surface area contributed by atoms with Gasteiger partial charge in [-0.1, -0.05) is 0 Å². The molecule has 5 heteroatoms. The number of nitrogens with zero attached hydrogens (tertiary/aromatic N) is 2. The molecule has 0 spiro atoms. The summed E-state index contributed by atoms with van der Waals surface area (Å²) in [5, 5.41) is 3.30. The summed E-state index contributed by atoms with van der Waals surface area (Å²) < 4.78 is 0. The van der Waals surface area contributed by atoms with Gasteiger partial charge in [0.25, 0.3) is 0 Å². The smallest absolute Gasteiger partial charge is 0.236 e. The van der Waals surface area contributed by atoms with Crippen molar-refractivity contribution in [3.05, 3.63) is 0 Å². The first-order valence-electron chi connectivity index (χ1n) is 6.36. The summed E-state index contributed by atoms with van der Waals surface area (Å²) in [4.78, 5) is 16.2. The Morgan fingerprint density at radius 2 is 2.12 bits per heavy atom. The summed E-state index contributed by atoms with van der Waals surface area (Å²) in [5.41, 5.74) is 0. The van der Waals surface area contributed by atoms with Crippen molar-refractivity contribution in [2.75, 3.05) is 33.7 Å². The van der Waals surface area contributed by atoms with Crippen molar-refractivity contribution in [3.8, 4) is 0 Å². The van der Waals surface area contributed by atoms with Gasteiger partial charge in [0.05, 0.1) is 6.54 Å². The standard InChI is InChI=1S/C12H23N3O.ClH/c1-13-10-4-3-7-15(8-10)9-12(16)14(2)11-5-6-11;/h10-11,13H,3-9H2,1-2H3;1H. The molecule has 1 amide bonds. The zero-order chi connectivity index (χ0) is 11.5. The second-order valence-electron chi connectivity index (χ2n) is 5.10. The summed E-state index contributed by atoms with van der Waals surface area (Å²) in [6.07, 6.45) is 4.83. The van der Waals surface area contributed by atoms with Crippen molar-refractivity contribution in [1.82, 2.24) is 15.1 Å². The van der Waals surface area contributed by atoms with Crippen molar-refractivity contribution in [3.63, 3.8) is 0 Å². The van der Waals surface area contributed by atoms with Crippen LogP contribution in [0, 0.1) is 0 Å². The van der Waals surface area contributed by atoms with Crippen LogP contribution >= 0.6 is 12.4 Å². The highest BCUT2D eigenvalue weighted by molar-refractivity contribution is 5.85. The lowest BCUT2D eigenvalue weighted by molar-refractivity contribution is -0.131. The predicted molar refractivity (Wildman–Crippen MR) is 71.6 cm³/mol. The minimum atomic E-state index is 0. The number of halogens is 1. The third kappa shape index (κ3) is 4.12. The lowest BCUT2D eigenvalue weighted by Gasteiger charge is -2.33. The van der Waals surface area contributed by atoms with Crippen molar-refractivity contribution >= 4 is 18.3 Å². The third-order valence-electron chi connectivity index (χ3n) is 3.76. The zero-order valence-electron chi connectivity index (χ0n) is 10.8. The van der Waals surface area contributed by atoms with Crippen molar-refractivity contribution < 1.29 is 4.79 Å². The summed E-state index contributed by atoms with van der Waals surface area (Å²) in [5.74, 6) is 0.291. The number of rotatable bonds is 4. The van der Waals surface area contributed by atoms with E-state index in [4.69, 9.17) is 0 Å². The lowest BCUT2D eigenvalue weighted by Crippen LogP contribution is -2.48. The van der Waals surface area contributed by atoms with E-state index in [2.05, 4.69) is 10.2 Å². The molecule has 1 saturated heterocycles. The van der Waals surface area contributed by atoms with Crippen LogP contribution in [0.3, 0.4) is 0 Å². The van der Waals surface area contributed by atoms with Crippen molar-refractivity contribution in [2.45, 2.75) is 37.8 Å². The Morgan fingerprint density at radius 1 is 1.41 bits per heavy atom. The summed E-state index contributed by atoms with van der Waals surface area (Å²) in [7, 11) is 3.95. The van der Waals surface area contributed by atoms with Crippen LogP contribution in [-0.2, 0) is 4.79 Å². The van der Waals surface area contributed by atoms with E-state index in [1.54, 1.807) is 0 Å². The molecule has 100 valence electrons. The number of carbonyl (C=O) groups excluding carboxylic acids is 1. The Labute approximate surface area is 110 Å². The Bertz CT molecular complexity index is 258. The van der Waals surface area contributed by atoms with Gasteiger partial charge in [0, 0.05) is 25.7 Å². The van der Waals surface area contributed by atoms with Crippen LogP contribution in [0.25, 0.3) is 0 Å². The van der Waals surface area contributed by atoms with Gasteiger partial charge in [-0.2, -0.15) is 0 Å². The second-order valence-corrected chi connectivity index (χ2v) is 5.10. The van der Waals surface area contributed by atoms with Gasteiger partial charge < -0.3 is 10.2 Å². The van der Waals surface area contributed by atoms with Crippen molar-refractivity contribution in [1.29, 1.82) is 0 Å². The number of amides is 1. The molecule has 2 aliphatic rings. The topological polar surface area (TPSA) is 35.6 Å². The Morgan fingerprint density at radius 3 is 2.71 bits per heavy atom. The molecule has 17 heavy (non-hydrogen) atoms. The Hall–Kier alpha value is -0.320. The van der Waals surface area contributed by atoms with E-state index in [0.29, 0.717) is 24.5 Å². The second kappa shape index (κ2) is 6.57. The summed E-state index contributed by atoms with van der Waals surface area (Å²) >= 11 is 0. The lowest BCUT2D eigenvalue weighted by atomic mass is 10.1. The van der Waals surface area contributed by atoms with Crippen LogP contribution in [0.4, 0.5) is 0 Å². The predicted octanol–water partition coefficient (Wildman–Crippen LogP) is 0.713. The molecule has 0 aromatic heterocycles. The Balaban J connectivity index is 0.00000144. The highest BCUT2D eigenvalue weighted by Crippen LogP contribution is 2.25.